The molecule has 11 bridgehead atoms. The zero-order chi connectivity index (χ0) is 79.7. The highest BCUT2D eigenvalue weighted by atomic mass is 28.6. The molecule has 12 aliphatic rings. The second-order valence-electron chi connectivity index (χ2n) is 27.2. The standard InChI is InChI=1S/C40H46F36O18Si12/c41-25(42,43)1-10-95-78-36(20-35(71,72)73)96(11-2-26(44,45)46)38-81-102-22-24(37(74,75)76,80-104(83-38,88-96)18-9-33(65,66)67)98(91-102,13-4-28(50,51)52)90-101(16-7-31(59,60)61)40(102)85-105-21-23(19-34(68,69)70,97(89-101,93-105)12-3-27(47,48)49)79-99(14-5-29(53,54)55)39(84-105,100(87-95,92-99)15-6-30(56,57)58)82-103(77,17-8-32(62,63)64)94-106(36,38)86-40/h77,95H,1-22H2. The summed E-state index contributed by atoms with van der Waals surface area (Å²) in [4.78, 5) is 8.32. The second-order valence-corrected chi connectivity index (χ2v) is 67.3. The van der Waals surface area contributed by atoms with E-state index < -0.39 is 346 Å². The molecule has 0 aromatic rings. The van der Waals surface area contributed by atoms with Crippen molar-refractivity contribution in [2.24, 2.45) is 0 Å². The summed E-state index contributed by atoms with van der Waals surface area (Å²) in [5.74, 6) is 0. The zero-order valence-corrected chi connectivity index (χ0v) is 63.8. The monoisotopic (exact) mass is 1830 g/mol. The first-order valence-electron chi connectivity index (χ1n) is 30.5. The Hall–Kier alpha value is -0.637. The highest BCUT2D eigenvalue weighted by Crippen LogP contribution is 2.83. The molecule has 12 fully saturated rings. The fourth-order valence-electron chi connectivity index (χ4n) is 16.4. The second kappa shape index (κ2) is 24.0. The minimum atomic E-state index is -8.71. The van der Waals surface area contributed by atoms with E-state index >= 15 is 158 Å². The van der Waals surface area contributed by atoms with E-state index in [1.54, 1.807) is 0 Å². The first-order chi connectivity index (χ1) is 47.1. The van der Waals surface area contributed by atoms with Crippen molar-refractivity contribution in [3.8, 4) is 0 Å². The third-order valence-electron chi connectivity index (χ3n) is 19.8. The van der Waals surface area contributed by atoms with Crippen LogP contribution in [0, 0.1) is 0 Å². The molecule has 0 radical (unpaired) electrons. The summed E-state index contributed by atoms with van der Waals surface area (Å²) in [5, 5.41) is -26.0. The first kappa shape index (κ1) is 84.8. The zero-order valence-electron chi connectivity index (χ0n) is 51.6. The molecule has 0 aromatic heterocycles. The van der Waals surface area contributed by atoms with E-state index in [-0.39, 0.29) is 0 Å². The van der Waals surface area contributed by atoms with Crippen molar-refractivity contribution < 1.29 is 236 Å². The van der Waals surface area contributed by atoms with Gasteiger partial charge in [0.25, 0.3) is 8.32 Å². The van der Waals surface area contributed by atoms with Crippen LogP contribution in [0.2, 0.25) is 66.5 Å². The summed E-state index contributed by atoms with van der Waals surface area (Å²) < 4.78 is 670. The molecular formula is C40H46F36O18Si12. The molecular weight excluding hydrogens is 1790 g/mol. The predicted octanol–water partition coefficient (Wildman–Crippen LogP) is 14.2. The van der Waals surface area contributed by atoms with Crippen LogP contribution in [0.1, 0.15) is 70.6 Å². The van der Waals surface area contributed by atoms with Crippen LogP contribution in [0.15, 0.2) is 0 Å². The Morgan fingerprint density at radius 3 is 1.25 bits per heavy atom. The molecule has 12 rings (SSSR count). The van der Waals surface area contributed by atoms with Gasteiger partial charge in [0.05, 0.1) is 12.8 Å². The van der Waals surface area contributed by atoms with Crippen molar-refractivity contribution in [1.29, 1.82) is 0 Å². The molecule has 12 heterocycles. The maximum absolute atomic E-state index is 17.7. The molecule has 0 aliphatic carbocycles. The topological polar surface area (TPSA) is 177 Å². The minimum absolute atomic E-state index is 2.50. The first-order valence-corrected chi connectivity index (χ1v) is 54.2. The van der Waals surface area contributed by atoms with Crippen molar-refractivity contribution in [2.45, 2.75) is 242 Å². The van der Waals surface area contributed by atoms with Crippen LogP contribution in [0.3, 0.4) is 0 Å². The largest absolute Gasteiger partial charge is 0.498 e. The van der Waals surface area contributed by atoms with E-state index in [4.69, 9.17) is 72.8 Å². The van der Waals surface area contributed by atoms with Gasteiger partial charge in [0.15, 0.2) is 5.22 Å². The Labute approximate surface area is 579 Å². The lowest BCUT2D eigenvalue weighted by Crippen LogP contribution is -3.11. The number of rotatable bonds is 20. The fourth-order valence-corrected chi connectivity index (χ4v) is 108. The molecule has 1 N–H and O–H groups in total. The molecule has 0 aromatic carbocycles. The van der Waals surface area contributed by atoms with Gasteiger partial charge in [-0.15, -0.1) is 0 Å². The maximum Gasteiger partial charge on any atom is 0.498 e. The van der Waals surface area contributed by atoms with Gasteiger partial charge in [0.2, 0.25) is 15.1 Å². The smallest absolute Gasteiger partial charge is 0.414 e. The third kappa shape index (κ3) is 13.4. The van der Waals surface area contributed by atoms with E-state index in [0.29, 0.717) is 0 Å². The predicted molar refractivity (Wildman–Crippen MR) is 284 cm³/mol. The van der Waals surface area contributed by atoms with Crippen LogP contribution < -0.4 is 0 Å². The summed E-state index contributed by atoms with van der Waals surface area (Å²) in [6, 6.07) is -30.6. The number of hydrogen-bond donors (Lipinski definition) is 1. The van der Waals surface area contributed by atoms with Crippen LogP contribution >= 0.6 is 0 Å². The minimum Gasteiger partial charge on any atom is -0.414 e. The van der Waals surface area contributed by atoms with Gasteiger partial charge in [0.1, 0.15) is 10.1 Å². The Balaban J connectivity index is 1.38. The molecule has 614 valence electrons. The van der Waals surface area contributed by atoms with Gasteiger partial charge in [-0.1, -0.05) is 0 Å². The van der Waals surface area contributed by atoms with Crippen molar-refractivity contribution in [1.82, 2.24) is 0 Å². The SMILES string of the molecule is O[Si]1(CCC(F)(F)F)OC23O[Si]45CC6(CC(F)(F)F)O[Si]2(CCC(F)(F)F)O[Si]3(CCC(F)(F)F)O[SiH](CCC(F)(F)F)OC2(CC(F)(F)F)[Si]3(CCC(F)(F)F)O[Si]7(CCC(F)(F)F)OC8(C(F)(F)F)C[Si]9%10OC3(O7)[Si]2(OC9(O4)[Si](CCC(F)(F)F)(O[Si]6(CCC(F)(F)F)O5)O[Si]8(CCC(F)(F)F)O%10)O1. The fraction of sp³-hybridized carbons (Fsp3) is 1.00. The molecule has 12 aliphatic heterocycles. The van der Waals surface area contributed by atoms with Crippen LogP contribution in [0.4, 0.5) is 158 Å². The van der Waals surface area contributed by atoms with Crippen LogP contribution in [-0.4, -0.2) is 213 Å². The maximum atomic E-state index is 17.7. The van der Waals surface area contributed by atoms with Gasteiger partial charge in [-0.05, 0) is 12.1 Å². The summed E-state index contributed by atoms with van der Waals surface area (Å²) in [6.45, 7) is 0. The lowest BCUT2D eigenvalue weighted by atomic mass is 10.2. The molecule has 0 amide bonds. The van der Waals surface area contributed by atoms with Crippen molar-refractivity contribution >= 4 is 104 Å². The van der Waals surface area contributed by atoms with Crippen molar-refractivity contribution in [3.05, 3.63) is 0 Å². The molecule has 18 unspecified atom stereocenters. The normalized spacial score (nSPS) is 44.9. The summed E-state index contributed by atoms with van der Waals surface area (Å²) in [6.07, 6.45) is -110. The lowest BCUT2D eigenvalue weighted by molar-refractivity contribution is -0.244. The summed E-state index contributed by atoms with van der Waals surface area (Å²) in [7, 11) is -94.5. The van der Waals surface area contributed by atoms with Crippen LogP contribution in [-0.2, 0) is 72.8 Å². The van der Waals surface area contributed by atoms with Gasteiger partial charge in [0, 0.05) is 112 Å². The average molecular weight is 1840 g/mol. The highest BCUT2D eigenvalue weighted by molar-refractivity contribution is 7.22. The van der Waals surface area contributed by atoms with E-state index in [1.165, 1.54) is 0 Å². The van der Waals surface area contributed by atoms with Gasteiger partial charge >= 0.3 is 170 Å². The van der Waals surface area contributed by atoms with E-state index in [9.17, 15) is 4.80 Å². The molecule has 12 saturated heterocycles. The molecule has 106 heavy (non-hydrogen) atoms. The van der Waals surface area contributed by atoms with Crippen LogP contribution in [0.25, 0.3) is 0 Å². The number of hydrogen-bond acceptors (Lipinski definition) is 18. The van der Waals surface area contributed by atoms with Crippen LogP contribution in [0.5, 0.6) is 0 Å². The molecule has 0 saturated carbocycles. The highest BCUT2D eigenvalue weighted by Gasteiger charge is 3.14. The van der Waals surface area contributed by atoms with Gasteiger partial charge in [-0.2, -0.15) is 158 Å². The molecule has 6 spiro atoms. The van der Waals surface area contributed by atoms with Gasteiger partial charge in [-0.3, -0.25) is 0 Å². The Morgan fingerprint density at radius 2 is 0.755 bits per heavy atom. The molecule has 66 heteroatoms. The third-order valence-corrected chi connectivity index (χ3v) is 82.9. The van der Waals surface area contributed by atoms with Gasteiger partial charge < -0.3 is 77.6 Å². The van der Waals surface area contributed by atoms with Crippen molar-refractivity contribution in [3.63, 3.8) is 0 Å². The number of alkyl halides is 36. The Kier molecular flexibility index (Phi) is 19.2. The van der Waals surface area contributed by atoms with Crippen molar-refractivity contribution in [2.75, 3.05) is 0 Å². The average Bonchev–Trinajstić information content (AvgIpc) is 1.33. The quantitative estimate of drug-likeness (QED) is 0.0898. The lowest BCUT2D eigenvalue weighted by Gasteiger charge is -2.78. The van der Waals surface area contributed by atoms with E-state index in [0.717, 1.165) is 0 Å². The number of fused-ring (bicyclic) bond motifs is 10. The molecule has 18 atom stereocenters. The van der Waals surface area contributed by atoms with Gasteiger partial charge in [-0.25, -0.2) is 0 Å². The number of halogens is 36. The Morgan fingerprint density at radius 1 is 0.321 bits per heavy atom. The van der Waals surface area contributed by atoms with E-state index in [2.05, 4.69) is 0 Å². The molecule has 18 nitrogen and oxygen atoms in total. The summed E-state index contributed by atoms with van der Waals surface area (Å²) in [5.41, 5.74) is 0. The Bertz CT molecular complexity index is 3430. The summed E-state index contributed by atoms with van der Waals surface area (Å²) >= 11 is 0. The van der Waals surface area contributed by atoms with E-state index in [1.807, 2.05) is 0 Å².